The second kappa shape index (κ2) is 4.35. The number of aromatic nitrogens is 1. The molecule has 0 saturated heterocycles. The molecule has 0 saturated carbocycles. The zero-order valence-corrected chi connectivity index (χ0v) is 8.41. The van der Waals surface area contributed by atoms with Crippen LogP contribution in [0.3, 0.4) is 0 Å². The Morgan fingerprint density at radius 1 is 1.46 bits per heavy atom. The van der Waals surface area contributed by atoms with E-state index in [-0.39, 0.29) is 6.04 Å². The lowest BCUT2D eigenvalue weighted by atomic mass is 9.96. The van der Waals surface area contributed by atoms with Crippen LogP contribution in [0.5, 0.6) is 0 Å². The number of nitrogens with one attached hydrogen (secondary N) is 1. The monoisotopic (exact) mass is 179 g/mol. The first-order valence-corrected chi connectivity index (χ1v) is 4.54. The fraction of sp³-hybridized carbons (Fsp3) is 0.500. The van der Waals surface area contributed by atoms with Crippen LogP contribution in [-0.4, -0.2) is 4.98 Å². The van der Waals surface area contributed by atoms with E-state index in [1.165, 1.54) is 5.56 Å². The molecule has 0 amide bonds. The van der Waals surface area contributed by atoms with E-state index in [1.807, 2.05) is 13.0 Å². The molecule has 0 aliphatic carbocycles. The van der Waals surface area contributed by atoms with Crippen molar-refractivity contribution in [2.24, 2.45) is 11.8 Å². The number of hydrogen-bond donors (Lipinski definition) is 2. The van der Waals surface area contributed by atoms with Gasteiger partial charge in [0.15, 0.2) is 0 Å². The molecule has 1 heterocycles. The lowest BCUT2D eigenvalue weighted by molar-refractivity contribution is 0.418. The highest BCUT2D eigenvalue weighted by atomic mass is 15.2. The van der Waals surface area contributed by atoms with Crippen LogP contribution in [0, 0.1) is 12.8 Å². The van der Waals surface area contributed by atoms with Gasteiger partial charge in [0.05, 0.1) is 6.04 Å². The summed E-state index contributed by atoms with van der Waals surface area (Å²) in [5, 5.41) is 0. The summed E-state index contributed by atoms with van der Waals surface area (Å²) < 4.78 is 0. The minimum atomic E-state index is 0.189. The van der Waals surface area contributed by atoms with Crippen LogP contribution in [0.25, 0.3) is 0 Å². The maximum Gasteiger partial charge on any atom is 0.0500 e. The maximum absolute atomic E-state index is 5.50. The summed E-state index contributed by atoms with van der Waals surface area (Å²) in [6.45, 7) is 6.27. The average Bonchev–Trinajstić information content (AvgIpc) is 2.09. The van der Waals surface area contributed by atoms with Crippen molar-refractivity contribution in [3.05, 3.63) is 29.6 Å². The van der Waals surface area contributed by atoms with Crippen LogP contribution in [0.15, 0.2) is 18.3 Å². The van der Waals surface area contributed by atoms with E-state index >= 15 is 0 Å². The van der Waals surface area contributed by atoms with Gasteiger partial charge in [-0.3, -0.25) is 16.3 Å². The summed E-state index contributed by atoms with van der Waals surface area (Å²) in [4.78, 5) is 4.23. The van der Waals surface area contributed by atoms with Gasteiger partial charge >= 0.3 is 0 Å². The molecule has 0 fully saturated rings. The molecule has 72 valence electrons. The summed E-state index contributed by atoms with van der Waals surface area (Å²) in [6, 6.07) is 4.19. The van der Waals surface area contributed by atoms with Crippen molar-refractivity contribution in [1.29, 1.82) is 0 Å². The van der Waals surface area contributed by atoms with Gasteiger partial charge in [0.25, 0.3) is 0 Å². The molecule has 3 nitrogen and oxygen atoms in total. The van der Waals surface area contributed by atoms with E-state index in [1.54, 1.807) is 6.20 Å². The van der Waals surface area contributed by atoms with E-state index in [2.05, 4.69) is 30.3 Å². The van der Waals surface area contributed by atoms with Gasteiger partial charge in [-0.15, -0.1) is 0 Å². The Morgan fingerprint density at radius 3 is 2.62 bits per heavy atom. The average molecular weight is 179 g/mol. The van der Waals surface area contributed by atoms with Crippen molar-refractivity contribution in [1.82, 2.24) is 10.4 Å². The van der Waals surface area contributed by atoms with Crippen molar-refractivity contribution in [3.8, 4) is 0 Å². The lowest BCUT2D eigenvalue weighted by Crippen LogP contribution is -2.32. The van der Waals surface area contributed by atoms with Gasteiger partial charge in [0.2, 0.25) is 0 Å². The highest BCUT2D eigenvalue weighted by molar-refractivity contribution is 5.22. The summed E-state index contributed by atoms with van der Waals surface area (Å²) >= 11 is 0. The third kappa shape index (κ3) is 2.26. The number of aryl methyl sites for hydroxylation is 1. The smallest absolute Gasteiger partial charge is 0.0500 e. The van der Waals surface area contributed by atoms with E-state index in [0.29, 0.717) is 5.92 Å². The Kier molecular flexibility index (Phi) is 3.39. The first kappa shape index (κ1) is 10.2. The second-order valence-electron chi connectivity index (χ2n) is 3.57. The Hall–Kier alpha value is -0.930. The van der Waals surface area contributed by atoms with Crippen molar-refractivity contribution >= 4 is 0 Å². The third-order valence-electron chi connectivity index (χ3n) is 2.23. The third-order valence-corrected chi connectivity index (χ3v) is 2.23. The Bertz CT molecular complexity index is 271. The van der Waals surface area contributed by atoms with Crippen LogP contribution < -0.4 is 11.3 Å². The summed E-state index contributed by atoms with van der Waals surface area (Å²) in [7, 11) is 0. The van der Waals surface area contributed by atoms with Gasteiger partial charge in [-0.2, -0.15) is 0 Å². The zero-order chi connectivity index (χ0) is 9.84. The van der Waals surface area contributed by atoms with Gasteiger partial charge < -0.3 is 0 Å². The molecule has 0 aliphatic rings. The van der Waals surface area contributed by atoms with E-state index in [4.69, 9.17) is 5.84 Å². The van der Waals surface area contributed by atoms with Crippen molar-refractivity contribution in [2.45, 2.75) is 26.8 Å². The minimum Gasteiger partial charge on any atom is -0.271 e. The van der Waals surface area contributed by atoms with Crippen molar-refractivity contribution < 1.29 is 0 Å². The molecule has 1 aromatic rings. The summed E-state index contributed by atoms with van der Waals surface area (Å²) in [6.07, 6.45) is 1.80. The SMILES string of the molecule is Cc1ncccc1C(NN)C(C)C. The van der Waals surface area contributed by atoms with Gasteiger partial charge in [-0.1, -0.05) is 19.9 Å². The van der Waals surface area contributed by atoms with E-state index < -0.39 is 0 Å². The molecular weight excluding hydrogens is 162 g/mol. The van der Waals surface area contributed by atoms with Gasteiger partial charge in [0, 0.05) is 11.9 Å². The molecule has 0 aliphatic heterocycles. The highest BCUT2D eigenvalue weighted by Gasteiger charge is 2.15. The topological polar surface area (TPSA) is 50.9 Å². The predicted molar refractivity (Wildman–Crippen MR) is 53.9 cm³/mol. The number of nitrogens with two attached hydrogens (primary N) is 1. The first-order chi connectivity index (χ1) is 6.16. The van der Waals surface area contributed by atoms with Crippen LogP contribution in [-0.2, 0) is 0 Å². The molecule has 3 heteroatoms. The van der Waals surface area contributed by atoms with E-state index in [0.717, 1.165) is 5.69 Å². The molecule has 13 heavy (non-hydrogen) atoms. The molecule has 1 atom stereocenters. The summed E-state index contributed by atoms with van der Waals surface area (Å²) in [5.74, 6) is 5.96. The van der Waals surface area contributed by atoms with Crippen LogP contribution in [0.4, 0.5) is 0 Å². The largest absolute Gasteiger partial charge is 0.271 e. The molecular formula is C10H17N3. The molecule has 0 radical (unpaired) electrons. The lowest BCUT2D eigenvalue weighted by Gasteiger charge is -2.21. The summed E-state index contributed by atoms with van der Waals surface area (Å²) in [5.41, 5.74) is 5.04. The molecule has 0 aromatic carbocycles. The van der Waals surface area contributed by atoms with Gasteiger partial charge in [-0.05, 0) is 24.5 Å². The standard InChI is InChI=1S/C10H17N3/c1-7(2)10(13-11)9-5-4-6-12-8(9)3/h4-7,10,13H,11H2,1-3H3. The normalized spacial score (nSPS) is 13.3. The zero-order valence-electron chi connectivity index (χ0n) is 8.41. The number of rotatable bonds is 3. The molecule has 1 rings (SSSR count). The Balaban J connectivity index is 2.97. The highest BCUT2D eigenvalue weighted by Crippen LogP contribution is 2.21. The Labute approximate surface area is 79.3 Å². The molecule has 1 aromatic heterocycles. The fourth-order valence-corrected chi connectivity index (χ4v) is 1.47. The number of pyridine rings is 1. The molecule has 0 bridgehead atoms. The quantitative estimate of drug-likeness (QED) is 0.546. The first-order valence-electron chi connectivity index (χ1n) is 4.54. The predicted octanol–water partition coefficient (Wildman–Crippen LogP) is 1.55. The van der Waals surface area contributed by atoms with E-state index in [9.17, 15) is 0 Å². The van der Waals surface area contributed by atoms with Gasteiger partial charge in [0.1, 0.15) is 0 Å². The second-order valence-corrected chi connectivity index (χ2v) is 3.57. The maximum atomic E-state index is 5.50. The van der Waals surface area contributed by atoms with Crippen molar-refractivity contribution in [3.63, 3.8) is 0 Å². The number of hydrazine groups is 1. The minimum absolute atomic E-state index is 0.189. The van der Waals surface area contributed by atoms with Crippen LogP contribution in [0.1, 0.15) is 31.1 Å². The fourth-order valence-electron chi connectivity index (χ4n) is 1.47. The van der Waals surface area contributed by atoms with Gasteiger partial charge in [-0.25, -0.2) is 0 Å². The molecule has 1 unspecified atom stereocenters. The Morgan fingerprint density at radius 2 is 2.15 bits per heavy atom. The van der Waals surface area contributed by atoms with Crippen LogP contribution in [0.2, 0.25) is 0 Å². The number of nitrogens with zero attached hydrogens (tertiary/aromatic N) is 1. The van der Waals surface area contributed by atoms with Crippen molar-refractivity contribution in [2.75, 3.05) is 0 Å². The van der Waals surface area contributed by atoms with Crippen LogP contribution >= 0.6 is 0 Å². The molecule has 3 N–H and O–H groups in total. The molecule has 0 spiro atoms. The number of hydrogen-bond acceptors (Lipinski definition) is 3.